The van der Waals surface area contributed by atoms with Gasteiger partial charge in [-0.15, -0.1) is 0 Å². The summed E-state index contributed by atoms with van der Waals surface area (Å²) in [5, 5.41) is 10.9. The van der Waals surface area contributed by atoms with Crippen LogP contribution < -0.4 is 21.3 Å². The Morgan fingerprint density at radius 2 is 1.10 bits per heavy atom. The smallest absolute Gasteiger partial charge is 0.329 e. The Bertz CT molecular complexity index is 1820. The summed E-state index contributed by atoms with van der Waals surface area (Å²) in [4.78, 5) is 100.0. The van der Waals surface area contributed by atoms with E-state index in [0.717, 1.165) is 50.2 Å². The summed E-state index contributed by atoms with van der Waals surface area (Å²) in [6.07, 6.45) is 14.8. The lowest BCUT2D eigenvalue weighted by molar-refractivity contribution is -0.159. The van der Waals surface area contributed by atoms with E-state index in [4.69, 9.17) is 14.2 Å². The minimum atomic E-state index is -1.20. The number of aldehydes is 1. The van der Waals surface area contributed by atoms with E-state index in [1.54, 1.807) is 74.7 Å². The largest absolute Gasteiger partial charge is 0.460 e. The van der Waals surface area contributed by atoms with Crippen molar-refractivity contribution < 1.29 is 47.8 Å². The molecule has 378 valence electrons. The highest BCUT2D eigenvalue weighted by molar-refractivity contribution is 5.87. The molecule has 0 unspecified atom stereocenters. The summed E-state index contributed by atoms with van der Waals surface area (Å²) in [5.74, 6) is -0.288. The number of amides is 4. The zero-order valence-corrected chi connectivity index (χ0v) is 42.2. The highest BCUT2D eigenvalue weighted by Gasteiger charge is 2.31. The molecule has 0 aromatic carbocycles. The number of aryl methyl sites for hydroxylation is 2. The van der Waals surface area contributed by atoms with Crippen molar-refractivity contribution in [1.29, 1.82) is 0 Å². The molecule has 2 aromatic heterocycles. The average Bonchev–Trinajstić information content (AvgIpc) is 3.81. The third-order valence-electron chi connectivity index (χ3n) is 10.2. The van der Waals surface area contributed by atoms with Crippen LogP contribution in [0.2, 0.25) is 0 Å². The first-order valence-electron chi connectivity index (χ1n) is 23.7. The van der Waals surface area contributed by atoms with Crippen molar-refractivity contribution in [1.82, 2.24) is 45.3 Å². The number of carbonyl (C=O) groups is 7. The molecule has 0 radical (unpaired) electrons. The molecule has 0 saturated carbocycles. The van der Waals surface area contributed by atoms with Crippen molar-refractivity contribution >= 4 is 42.0 Å². The van der Waals surface area contributed by atoms with Crippen LogP contribution in [-0.4, -0.2) is 114 Å². The van der Waals surface area contributed by atoms with E-state index < -0.39 is 58.9 Å². The molecule has 4 amide bonds. The second kappa shape index (κ2) is 28.8. The van der Waals surface area contributed by atoms with Gasteiger partial charge in [0.1, 0.15) is 46.8 Å². The first kappa shape index (κ1) is 57.8. The maximum Gasteiger partial charge on any atom is 0.329 e. The van der Waals surface area contributed by atoms with E-state index in [-0.39, 0.29) is 31.1 Å². The van der Waals surface area contributed by atoms with Crippen LogP contribution in [0.15, 0.2) is 24.8 Å². The molecule has 0 saturated heterocycles. The van der Waals surface area contributed by atoms with Gasteiger partial charge in [0, 0.05) is 64.7 Å². The SMILES string of the molecule is Cn1ccnc1CN(CCCC[C@@H](C=O)NC(=O)CCCCCCC(=O)NCCCC[C@H](NC(=O)N[C@@H](CCC(=O)OC(C)(C)C)C(=O)OC(C)(C)C)C(=O)OC(C)(C)C)Cc1nccn1C. The molecule has 2 rings (SSSR count). The van der Waals surface area contributed by atoms with Gasteiger partial charge in [0.05, 0.1) is 19.1 Å². The van der Waals surface area contributed by atoms with E-state index in [2.05, 4.69) is 36.1 Å². The maximum atomic E-state index is 13.2. The predicted molar refractivity (Wildman–Crippen MR) is 253 cm³/mol. The molecular weight excluding hydrogens is 863 g/mol. The van der Waals surface area contributed by atoms with Gasteiger partial charge in [0.15, 0.2) is 0 Å². The van der Waals surface area contributed by atoms with Crippen molar-refractivity contribution in [3.63, 3.8) is 0 Å². The standard InChI is InChI=1S/C48H81N9O10/c1-46(2,3)65-42(61)25-24-37(44(63)67-48(7,8)9)54-45(64)53-36(43(62)66-47(4,5)6)21-16-18-26-51-40(59)22-14-12-13-15-23-41(60)52-35(34-58)20-17-19-29-57(32-38-49-27-30-55(38)10)33-39-50-28-31-56(39)11/h27-28,30-31,34-37H,12-26,29,32-33H2,1-11H3,(H,51,59)(H,52,60)(H2,53,54,64)/t35-,36-,37-/m0/s1. The Morgan fingerprint density at radius 3 is 1.58 bits per heavy atom. The van der Waals surface area contributed by atoms with Gasteiger partial charge in [0.25, 0.3) is 0 Å². The second-order valence-corrected chi connectivity index (χ2v) is 20.1. The van der Waals surface area contributed by atoms with Gasteiger partial charge in [-0.25, -0.2) is 24.4 Å². The number of carbonyl (C=O) groups excluding carboxylic acids is 7. The molecule has 19 heteroatoms. The molecule has 3 atom stereocenters. The second-order valence-electron chi connectivity index (χ2n) is 20.1. The molecule has 0 bridgehead atoms. The topological polar surface area (TPSA) is 234 Å². The molecule has 2 aromatic rings. The summed E-state index contributed by atoms with van der Waals surface area (Å²) in [5.41, 5.74) is -2.41. The van der Waals surface area contributed by atoms with E-state index in [1.165, 1.54) is 0 Å². The molecule has 2 heterocycles. The first-order valence-corrected chi connectivity index (χ1v) is 23.7. The van der Waals surface area contributed by atoms with Crippen LogP contribution in [0.1, 0.15) is 164 Å². The lowest BCUT2D eigenvalue weighted by Crippen LogP contribution is -2.53. The van der Waals surface area contributed by atoms with Crippen LogP contribution in [0.5, 0.6) is 0 Å². The summed E-state index contributed by atoms with van der Waals surface area (Å²) in [6.45, 7) is 17.9. The van der Waals surface area contributed by atoms with Crippen LogP contribution in [0.3, 0.4) is 0 Å². The predicted octanol–water partition coefficient (Wildman–Crippen LogP) is 5.48. The molecule has 0 aliphatic carbocycles. The normalized spacial score (nSPS) is 13.3. The van der Waals surface area contributed by atoms with E-state index >= 15 is 0 Å². The minimum absolute atomic E-state index is 0.0846. The minimum Gasteiger partial charge on any atom is -0.460 e. The summed E-state index contributed by atoms with van der Waals surface area (Å²) < 4.78 is 20.4. The number of rotatable bonds is 30. The number of hydrogen-bond donors (Lipinski definition) is 4. The molecule has 67 heavy (non-hydrogen) atoms. The van der Waals surface area contributed by atoms with Crippen molar-refractivity contribution in [2.45, 2.75) is 200 Å². The lowest BCUT2D eigenvalue weighted by Gasteiger charge is -2.27. The lowest BCUT2D eigenvalue weighted by atomic mass is 10.1. The third kappa shape index (κ3) is 26.6. The fourth-order valence-corrected chi connectivity index (χ4v) is 6.84. The summed E-state index contributed by atoms with van der Waals surface area (Å²) >= 11 is 0. The fraction of sp³-hybridized carbons (Fsp3) is 0.729. The molecule has 0 aliphatic heterocycles. The number of imidazole rings is 2. The highest BCUT2D eigenvalue weighted by Crippen LogP contribution is 2.16. The molecule has 4 N–H and O–H groups in total. The van der Waals surface area contributed by atoms with Crippen LogP contribution in [0.4, 0.5) is 4.79 Å². The monoisotopic (exact) mass is 944 g/mol. The molecule has 0 fully saturated rings. The Labute approximate surface area is 398 Å². The molecule has 0 aliphatic rings. The van der Waals surface area contributed by atoms with E-state index in [1.807, 2.05) is 35.6 Å². The van der Waals surface area contributed by atoms with Crippen molar-refractivity contribution in [2.24, 2.45) is 14.1 Å². The average molecular weight is 944 g/mol. The zero-order valence-electron chi connectivity index (χ0n) is 42.2. The summed E-state index contributed by atoms with van der Waals surface area (Å²) in [7, 11) is 3.94. The summed E-state index contributed by atoms with van der Waals surface area (Å²) in [6, 6.07) is -3.60. The molecule has 0 spiro atoms. The molecular formula is C48H81N9O10. The van der Waals surface area contributed by atoms with Crippen LogP contribution in [-0.2, 0) is 70.2 Å². The highest BCUT2D eigenvalue weighted by atomic mass is 16.6. The number of esters is 3. The van der Waals surface area contributed by atoms with Gasteiger partial charge < -0.3 is 49.4 Å². The van der Waals surface area contributed by atoms with Crippen molar-refractivity contribution in [3.05, 3.63) is 36.4 Å². The van der Waals surface area contributed by atoms with Crippen LogP contribution >= 0.6 is 0 Å². The number of urea groups is 1. The first-order chi connectivity index (χ1) is 31.3. The van der Waals surface area contributed by atoms with Gasteiger partial charge in [0.2, 0.25) is 11.8 Å². The number of nitrogens with zero attached hydrogens (tertiary/aromatic N) is 5. The number of aromatic nitrogens is 4. The number of nitrogens with one attached hydrogen (secondary N) is 4. The van der Waals surface area contributed by atoms with Crippen molar-refractivity contribution in [2.75, 3.05) is 13.1 Å². The Hall–Kier alpha value is -5.33. The maximum absolute atomic E-state index is 13.2. The van der Waals surface area contributed by atoms with Gasteiger partial charge >= 0.3 is 23.9 Å². The Morgan fingerprint density at radius 1 is 0.612 bits per heavy atom. The fourth-order valence-electron chi connectivity index (χ4n) is 6.84. The molecule has 19 nitrogen and oxygen atoms in total. The zero-order chi connectivity index (χ0) is 50.2. The van der Waals surface area contributed by atoms with Gasteiger partial charge in [-0.2, -0.15) is 0 Å². The number of unbranched alkanes of at least 4 members (excludes halogenated alkanes) is 5. The van der Waals surface area contributed by atoms with E-state index in [0.29, 0.717) is 64.6 Å². The van der Waals surface area contributed by atoms with E-state index in [9.17, 15) is 33.6 Å². The van der Waals surface area contributed by atoms with Gasteiger partial charge in [-0.05, 0) is 127 Å². The Balaban J connectivity index is 1.71. The van der Waals surface area contributed by atoms with Crippen LogP contribution in [0.25, 0.3) is 0 Å². The van der Waals surface area contributed by atoms with Crippen molar-refractivity contribution in [3.8, 4) is 0 Å². The Kier molecular flexibility index (Phi) is 24.8. The van der Waals surface area contributed by atoms with Gasteiger partial charge in [-0.3, -0.25) is 19.3 Å². The number of hydrogen-bond acceptors (Lipinski definition) is 13. The number of ether oxygens (including phenoxy) is 3. The quantitative estimate of drug-likeness (QED) is 0.0329. The van der Waals surface area contributed by atoms with Gasteiger partial charge in [-0.1, -0.05) is 12.8 Å². The van der Waals surface area contributed by atoms with Crippen LogP contribution in [0, 0.1) is 0 Å². The third-order valence-corrected chi connectivity index (χ3v) is 10.2.